The molecule has 2 rings (SSSR count). The van der Waals surface area contributed by atoms with Gasteiger partial charge in [0.25, 0.3) is 0 Å². The second kappa shape index (κ2) is 7.21. The fourth-order valence-corrected chi connectivity index (χ4v) is 3.49. The predicted molar refractivity (Wildman–Crippen MR) is 78.0 cm³/mol. The van der Waals surface area contributed by atoms with Gasteiger partial charge in [0, 0.05) is 33.0 Å². The molecule has 0 aromatic carbocycles. The van der Waals surface area contributed by atoms with E-state index in [1.54, 1.807) is 18.0 Å². The van der Waals surface area contributed by atoms with Crippen LogP contribution in [-0.2, 0) is 21.5 Å². The third-order valence-electron chi connectivity index (χ3n) is 3.58. The zero-order valence-electron chi connectivity index (χ0n) is 12.1. The lowest BCUT2D eigenvalue weighted by Crippen LogP contribution is -2.42. The minimum Gasteiger partial charge on any atom is -0.396 e. The van der Waals surface area contributed by atoms with Gasteiger partial charge in [-0.25, -0.2) is 0 Å². The number of hydrogen-bond donors (Lipinski definition) is 2. The molecule has 9 heteroatoms. The van der Waals surface area contributed by atoms with Crippen LogP contribution < -0.4 is 4.72 Å². The molecule has 0 spiro atoms. The summed E-state index contributed by atoms with van der Waals surface area (Å²) in [7, 11) is -1.96. The summed E-state index contributed by atoms with van der Waals surface area (Å²) >= 11 is 0. The van der Waals surface area contributed by atoms with Crippen molar-refractivity contribution in [1.82, 2.24) is 14.1 Å². The maximum atomic E-state index is 12.3. The number of nitrogens with one attached hydrogen (secondary N) is 1. The van der Waals surface area contributed by atoms with E-state index in [4.69, 9.17) is 9.84 Å². The number of ether oxygens (including phenoxy) is 1. The third kappa shape index (κ3) is 4.40. The van der Waals surface area contributed by atoms with Crippen LogP contribution >= 0.6 is 0 Å². The Hall–Kier alpha value is -1.16. The Morgan fingerprint density at radius 2 is 2.19 bits per heavy atom. The first-order valence-electron chi connectivity index (χ1n) is 6.95. The van der Waals surface area contributed by atoms with Gasteiger partial charge in [-0.3, -0.25) is 9.40 Å². The van der Waals surface area contributed by atoms with Crippen LogP contribution in [0.4, 0.5) is 5.69 Å². The molecule has 0 atom stereocenters. The Labute approximate surface area is 124 Å². The molecule has 1 aliphatic rings. The van der Waals surface area contributed by atoms with Crippen LogP contribution in [0.15, 0.2) is 12.4 Å². The molecule has 0 radical (unpaired) electrons. The normalized spacial score (nSPS) is 18.0. The van der Waals surface area contributed by atoms with E-state index < -0.39 is 10.2 Å². The molecule has 120 valence electrons. The van der Waals surface area contributed by atoms with Gasteiger partial charge in [0.2, 0.25) is 0 Å². The highest BCUT2D eigenvalue weighted by molar-refractivity contribution is 7.90. The van der Waals surface area contributed by atoms with E-state index in [1.165, 1.54) is 10.5 Å². The van der Waals surface area contributed by atoms with Crippen molar-refractivity contribution in [1.29, 1.82) is 0 Å². The Bertz CT molecular complexity index is 537. The molecule has 8 nitrogen and oxygen atoms in total. The highest BCUT2D eigenvalue weighted by Gasteiger charge is 2.27. The lowest BCUT2D eigenvalue weighted by molar-refractivity contribution is 0.170. The Kier molecular flexibility index (Phi) is 5.57. The predicted octanol–water partition coefficient (Wildman–Crippen LogP) is -0.109. The van der Waals surface area contributed by atoms with Crippen molar-refractivity contribution < 1.29 is 18.3 Å². The van der Waals surface area contributed by atoms with Crippen LogP contribution in [0, 0.1) is 5.92 Å². The zero-order chi connectivity index (χ0) is 15.3. The molecule has 1 aliphatic heterocycles. The summed E-state index contributed by atoms with van der Waals surface area (Å²) in [5, 5.41) is 13.2. The summed E-state index contributed by atoms with van der Waals surface area (Å²) in [4.78, 5) is 0. The van der Waals surface area contributed by atoms with Crippen LogP contribution in [0.5, 0.6) is 0 Å². The average Bonchev–Trinajstić information content (AvgIpc) is 2.92. The van der Waals surface area contributed by atoms with Gasteiger partial charge in [-0.2, -0.15) is 17.8 Å². The Morgan fingerprint density at radius 3 is 2.81 bits per heavy atom. The number of hydrogen-bond acceptors (Lipinski definition) is 5. The number of aliphatic hydroxyl groups excluding tert-OH is 1. The molecule has 2 heterocycles. The van der Waals surface area contributed by atoms with Crippen molar-refractivity contribution in [3.05, 3.63) is 12.4 Å². The molecule has 0 aliphatic carbocycles. The Balaban J connectivity index is 1.93. The summed E-state index contributed by atoms with van der Waals surface area (Å²) < 4.78 is 35.0. The number of methoxy groups -OCH3 is 1. The lowest BCUT2D eigenvalue weighted by Gasteiger charge is -2.30. The van der Waals surface area contributed by atoms with E-state index in [2.05, 4.69) is 9.82 Å². The fraction of sp³-hybridized carbons (Fsp3) is 0.750. The lowest BCUT2D eigenvalue weighted by atomic mass is 10.00. The number of aromatic nitrogens is 2. The average molecular weight is 318 g/mol. The van der Waals surface area contributed by atoms with Crippen LogP contribution in [-0.4, -0.2) is 61.0 Å². The van der Waals surface area contributed by atoms with Crippen LogP contribution in [0.25, 0.3) is 0 Å². The molecule has 1 fully saturated rings. The second-order valence-corrected chi connectivity index (χ2v) is 6.79. The maximum Gasteiger partial charge on any atom is 0.301 e. The number of nitrogens with zero attached hydrogens (tertiary/aromatic N) is 3. The molecular weight excluding hydrogens is 296 g/mol. The van der Waals surface area contributed by atoms with Crippen LogP contribution in [0.3, 0.4) is 0 Å². The SMILES string of the molecule is COCCn1cc(NS(=O)(=O)N2CCC(CO)CC2)cn1. The van der Waals surface area contributed by atoms with Gasteiger partial charge < -0.3 is 9.84 Å². The molecule has 2 N–H and O–H groups in total. The van der Waals surface area contributed by atoms with Gasteiger partial charge in [0.05, 0.1) is 25.0 Å². The number of anilines is 1. The fourth-order valence-electron chi connectivity index (χ4n) is 2.27. The molecule has 1 aromatic rings. The van der Waals surface area contributed by atoms with Crippen molar-refractivity contribution in [3.8, 4) is 0 Å². The summed E-state index contributed by atoms with van der Waals surface area (Å²) in [5.74, 6) is 0.202. The highest BCUT2D eigenvalue weighted by Crippen LogP contribution is 2.20. The van der Waals surface area contributed by atoms with Crippen molar-refractivity contribution in [2.45, 2.75) is 19.4 Å². The Morgan fingerprint density at radius 1 is 1.48 bits per heavy atom. The highest BCUT2D eigenvalue weighted by atomic mass is 32.2. The first-order chi connectivity index (χ1) is 10.0. The van der Waals surface area contributed by atoms with Gasteiger partial charge in [0.15, 0.2) is 0 Å². The number of aliphatic hydroxyl groups is 1. The van der Waals surface area contributed by atoms with E-state index in [1.807, 2.05) is 0 Å². The molecular formula is C12H22N4O4S. The maximum absolute atomic E-state index is 12.3. The second-order valence-electron chi connectivity index (χ2n) is 5.12. The summed E-state index contributed by atoms with van der Waals surface area (Å²) in [5.41, 5.74) is 0.440. The van der Waals surface area contributed by atoms with E-state index >= 15 is 0 Å². The summed E-state index contributed by atoms with van der Waals surface area (Å²) in [6.07, 6.45) is 4.49. The first-order valence-corrected chi connectivity index (χ1v) is 8.39. The summed E-state index contributed by atoms with van der Waals surface area (Å²) in [6, 6.07) is 0. The quantitative estimate of drug-likeness (QED) is 0.731. The van der Waals surface area contributed by atoms with Crippen molar-refractivity contribution >= 4 is 15.9 Å². The largest absolute Gasteiger partial charge is 0.396 e. The van der Waals surface area contributed by atoms with E-state index in [9.17, 15) is 8.42 Å². The van der Waals surface area contributed by atoms with Crippen molar-refractivity contribution in [2.75, 3.05) is 38.1 Å². The zero-order valence-corrected chi connectivity index (χ0v) is 12.9. The monoisotopic (exact) mass is 318 g/mol. The third-order valence-corrected chi connectivity index (χ3v) is 5.11. The van der Waals surface area contributed by atoms with Crippen LogP contribution in [0.1, 0.15) is 12.8 Å². The molecule has 0 unspecified atom stereocenters. The molecule has 0 amide bonds. The van der Waals surface area contributed by atoms with Gasteiger partial charge in [0.1, 0.15) is 0 Å². The minimum absolute atomic E-state index is 0.119. The summed E-state index contributed by atoms with van der Waals surface area (Å²) in [6.45, 7) is 2.06. The first kappa shape index (κ1) is 16.2. The smallest absolute Gasteiger partial charge is 0.301 e. The van der Waals surface area contributed by atoms with E-state index in [-0.39, 0.29) is 12.5 Å². The van der Waals surface area contributed by atoms with Crippen molar-refractivity contribution in [2.24, 2.45) is 5.92 Å². The minimum atomic E-state index is -3.56. The van der Waals surface area contributed by atoms with Gasteiger partial charge in [-0.1, -0.05) is 0 Å². The van der Waals surface area contributed by atoms with E-state index in [0.29, 0.717) is 44.8 Å². The number of piperidine rings is 1. The molecule has 0 saturated carbocycles. The van der Waals surface area contributed by atoms with Gasteiger partial charge in [-0.15, -0.1) is 0 Å². The van der Waals surface area contributed by atoms with Crippen LogP contribution in [0.2, 0.25) is 0 Å². The molecule has 21 heavy (non-hydrogen) atoms. The number of rotatable bonds is 7. The molecule has 1 aromatic heterocycles. The molecule has 1 saturated heterocycles. The van der Waals surface area contributed by atoms with Crippen molar-refractivity contribution in [3.63, 3.8) is 0 Å². The van der Waals surface area contributed by atoms with Gasteiger partial charge >= 0.3 is 10.2 Å². The standard InChI is InChI=1S/C12H22N4O4S/c1-20-7-6-15-9-12(8-13-15)14-21(18,19)16-4-2-11(10-17)3-5-16/h8-9,11,14,17H,2-7,10H2,1H3. The van der Waals surface area contributed by atoms with E-state index in [0.717, 1.165) is 0 Å². The van der Waals surface area contributed by atoms with Gasteiger partial charge in [-0.05, 0) is 18.8 Å². The topological polar surface area (TPSA) is 96.7 Å². The molecule has 0 bridgehead atoms.